The average Bonchev–Trinajstić information content (AvgIpc) is 3.20. The molecule has 0 spiro atoms. The number of methoxy groups -OCH3 is 1. The predicted octanol–water partition coefficient (Wildman–Crippen LogP) is 3.73. The molecular formula is C23H19N3O3. The summed E-state index contributed by atoms with van der Waals surface area (Å²) < 4.78 is 6.93. The molecule has 3 aromatic carbocycles. The van der Waals surface area contributed by atoms with Gasteiger partial charge in [-0.05, 0) is 28.8 Å². The predicted molar refractivity (Wildman–Crippen MR) is 111 cm³/mol. The smallest absolute Gasteiger partial charge is 0.224 e. The van der Waals surface area contributed by atoms with Gasteiger partial charge in [-0.15, -0.1) is 5.10 Å². The Balaban J connectivity index is 1.82. The second-order valence-corrected chi connectivity index (χ2v) is 6.54. The van der Waals surface area contributed by atoms with E-state index in [1.165, 1.54) is 13.2 Å². The number of hydrogen-bond acceptors (Lipinski definition) is 5. The summed E-state index contributed by atoms with van der Waals surface area (Å²) in [5.41, 5.74) is 3.56. The lowest BCUT2D eigenvalue weighted by atomic mass is 10.0. The minimum atomic E-state index is -0.504. The maximum Gasteiger partial charge on any atom is 0.224 e. The van der Waals surface area contributed by atoms with E-state index >= 15 is 0 Å². The summed E-state index contributed by atoms with van der Waals surface area (Å²) in [4.78, 5) is 12.4. The van der Waals surface area contributed by atoms with Crippen LogP contribution in [0.4, 0.5) is 0 Å². The van der Waals surface area contributed by atoms with Gasteiger partial charge in [0, 0.05) is 5.56 Å². The molecule has 0 atom stereocenters. The van der Waals surface area contributed by atoms with Crippen molar-refractivity contribution >= 4 is 0 Å². The maximum absolute atomic E-state index is 12.4. The summed E-state index contributed by atoms with van der Waals surface area (Å²) >= 11 is 0. The zero-order chi connectivity index (χ0) is 20.2. The molecule has 0 fully saturated rings. The third-order valence-corrected chi connectivity index (χ3v) is 4.64. The molecule has 0 bridgehead atoms. The van der Waals surface area contributed by atoms with Crippen LogP contribution in [0, 0.1) is 0 Å². The molecule has 0 aliphatic carbocycles. The van der Waals surface area contributed by atoms with Gasteiger partial charge in [0.15, 0.2) is 5.75 Å². The molecule has 0 aliphatic rings. The van der Waals surface area contributed by atoms with Crippen molar-refractivity contribution in [1.82, 2.24) is 15.0 Å². The summed E-state index contributed by atoms with van der Waals surface area (Å²) in [6.45, 7) is 0.355. The first-order valence-electron chi connectivity index (χ1n) is 9.11. The Bertz CT molecular complexity index is 1190. The first-order valence-corrected chi connectivity index (χ1v) is 9.11. The fourth-order valence-corrected chi connectivity index (χ4v) is 3.18. The summed E-state index contributed by atoms with van der Waals surface area (Å²) in [6.07, 6.45) is 1.85. The van der Waals surface area contributed by atoms with Crippen molar-refractivity contribution in [2.45, 2.75) is 6.54 Å². The second-order valence-electron chi connectivity index (χ2n) is 6.54. The fourth-order valence-electron chi connectivity index (χ4n) is 3.18. The molecule has 0 amide bonds. The Morgan fingerprint density at radius 3 is 2.28 bits per heavy atom. The van der Waals surface area contributed by atoms with Gasteiger partial charge < -0.3 is 9.84 Å². The SMILES string of the molecule is COc1cc(Cn2cc(-c3ccccc3)nn2)c(-c2ccccc2)cc(=O)c1O. The van der Waals surface area contributed by atoms with Crippen LogP contribution in [0.5, 0.6) is 11.5 Å². The Hall–Kier alpha value is -3.93. The average molecular weight is 385 g/mol. The molecule has 0 saturated heterocycles. The van der Waals surface area contributed by atoms with Crippen LogP contribution >= 0.6 is 0 Å². The lowest BCUT2D eigenvalue weighted by molar-refractivity contribution is 0.372. The second kappa shape index (κ2) is 7.98. The van der Waals surface area contributed by atoms with Gasteiger partial charge in [0.05, 0.1) is 19.9 Å². The Kier molecular flexibility index (Phi) is 5.07. The molecule has 0 saturated carbocycles. The fraction of sp³-hybridized carbons (Fsp3) is 0.0870. The van der Waals surface area contributed by atoms with Crippen LogP contribution in [0.3, 0.4) is 0 Å². The van der Waals surface area contributed by atoms with Gasteiger partial charge in [-0.1, -0.05) is 65.9 Å². The molecular weight excluding hydrogens is 366 g/mol. The van der Waals surface area contributed by atoms with Gasteiger partial charge in [0.1, 0.15) is 5.69 Å². The number of ether oxygens (including phenoxy) is 1. The molecule has 1 aromatic heterocycles. The van der Waals surface area contributed by atoms with E-state index in [1.54, 1.807) is 10.7 Å². The minimum Gasteiger partial charge on any atom is -0.502 e. The highest BCUT2D eigenvalue weighted by Gasteiger charge is 2.13. The van der Waals surface area contributed by atoms with E-state index in [2.05, 4.69) is 10.3 Å². The van der Waals surface area contributed by atoms with Crippen LogP contribution in [0.1, 0.15) is 5.56 Å². The highest BCUT2D eigenvalue weighted by molar-refractivity contribution is 5.68. The molecule has 29 heavy (non-hydrogen) atoms. The van der Waals surface area contributed by atoms with Crippen LogP contribution in [0.15, 0.2) is 83.8 Å². The van der Waals surface area contributed by atoms with Gasteiger partial charge >= 0.3 is 0 Å². The Morgan fingerprint density at radius 1 is 0.966 bits per heavy atom. The molecule has 0 unspecified atom stereocenters. The van der Waals surface area contributed by atoms with Crippen LogP contribution in [0.2, 0.25) is 0 Å². The van der Waals surface area contributed by atoms with E-state index in [1.807, 2.05) is 66.9 Å². The number of nitrogens with zero attached hydrogens (tertiary/aromatic N) is 3. The Labute approximate surface area is 167 Å². The number of aromatic hydroxyl groups is 1. The molecule has 144 valence electrons. The largest absolute Gasteiger partial charge is 0.502 e. The number of aromatic nitrogens is 3. The maximum atomic E-state index is 12.4. The van der Waals surface area contributed by atoms with Crippen LogP contribution in [-0.4, -0.2) is 27.2 Å². The monoisotopic (exact) mass is 385 g/mol. The van der Waals surface area contributed by atoms with Gasteiger partial charge in [-0.25, -0.2) is 4.68 Å². The van der Waals surface area contributed by atoms with Crippen molar-refractivity contribution in [2.24, 2.45) is 0 Å². The van der Waals surface area contributed by atoms with Crippen molar-refractivity contribution in [3.63, 3.8) is 0 Å². The van der Waals surface area contributed by atoms with Crippen LogP contribution in [-0.2, 0) is 6.54 Å². The lowest BCUT2D eigenvalue weighted by Crippen LogP contribution is -2.02. The van der Waals surface area contributed by atoms with Crippen molar-refractivity contribution < 1.29 is 9.84 Å². The summed E-state index contributed by atoms with van der Waals surface area (Å²) in [5.74, 6) is -0.296. The number of hydrogen-bond donors (Lipinski definition) is 1. The van der Waals surface area contributed by atoms with E-state index in [9.17, 15) is 9.90 Å². The van der Waals surface area contributed by atoms with Crippen molar-refractivity contribution in [3.05, 3.63) is 94.8 Å². The quantitative estimate of drug-likeness (QED) is 0.566. The number of benzene rings is 2. The molecule has 4 aromatic rings. The molecule has 6 heteroatoms. The van der Waals surface area contributed by atoms with Gasteiger partial charge in [0.2, 0.25) is 11.2 Å². The molecule has 0 aliphatic heterocycles. The number of rotatable bonds is 5. The summed E-state index contributed by atoms with van der Waals surface area (Å²) in [5, 5.41) is 18.7. The van der Waals surface area contributed by atoms with Gasteiger partial charge in [-0.2, -0.15) is 0 Å². The minimum absolute atomic E-state index is 0.121. The van der Waals surface area contributed by atoms with E-state index in [-0.39, 0.29) is 5.75 Å². The van der Waals surface area contributed by atoms with Crippen molar-refractivity contribution in [2.75, 3.05) is 7.11 Å². The third-order valence-electron chi connectivity index (χ3n) is 4.64. The summed E-state index contributed by atoms with van der Waals surface area (Å²) in [7, 11) is 1.42. The molecule has 1 N–H and O–H groups in total. The van der Waals surface area contributed by atoms with Gasteiger partial charge in [-0.3, -0.25) is 4.79 Å². The van der Waals surface area contributed by atoms with Crippen molar-refractivity contribution in [1.29, 1.82) is 0 Å². The van der Waals surface area contributed by atoms with Gasteiger partial charge in [0.25, 0.3) is 0 Å². The zero-order valence-corrected chi connectivity index (χ0v) is 15.8. The first-order chi connectivity index (χ1) is 14.2. The topological polar surface area (TPSA) is 77.2 Å². The molecule has 4 rings (SSSR count). The zero-order valence-electron chi connectivity index (χ0n) is 15.8. The highest BCUT2D eigenvalue weighted by Crippen LogP contribution is 2.29. The lowest BCUT2D eigenvalue weighted by Gasteiger charge is -2.07. The van der Waals surface area contributed by atoms with Crippen molar-refractivity contribution in [3.8, 4) is 33.9 Å². The van der Waals surface area contributed by atoms with Crippen LogP contribution in [0.25, 0.3) is 22.4 Å². The normalized spacial score (nSPS) is 10.7. The van der Waals surface area contributed by atoms with E-state index in [4.69, 9.17) is 4.74 Å². The standard InChI is InChI=1S/C23H19N3O3/c1-29-22-12-18(14-26-15-20(24-25-26)17-10-6-3-7-11-17)19(13-21(27)23(22)28)16-8-4-2-5-9-16/h2-13,15H,14H2,1H3,(H,27,28). The molecule has 0 radical (unpaired) electrons. The third kappa shape index (κ3) is 3.87. The molecule has 6 nitrogen and oxygen atoms in total. The molecule has 1 heterocycles. The first kappa shape index (κ1) is 18.4. The summed E-state index contributed by atoms with van der Waals surface area (Å²) in [6, 6.07) is 22.4. The van der Waals surface area contributed by atoms with E-state index < -0.39 is 11.2 Å². The van der Waals surface area contributed by atoms with Crippen LogP contribution < -0.4 is 10.2 Å². The Morgan fingerprint density at radius 2 is 1.62 bits per heavy atom. The highest BCUT2D eigenvalue weighted by atomic mass is 16.5. The van der Waals surface area contributed by atoms with E-state index in [0.29, 0.717) is 12.1 Å². The van der Waals surface area contributed by atoms with E-state index in [0.717, 1.165) is 22.4 Å².